The lowest BCUT2D eigenvalue weighted by atomic mass is 9.72. The molecule has 0 amide bonds. The molecule has 0 aliphatic rings. The van der Waals surface area contributed by atoms with Gasteiger partial charge in [-0.05, 0) is 23.3 Å². The summed E-state index contributed by atoms with van der Waals surface area (Å²) >= 11 is 0. The summed E-state index contributed by atoms with van der Waals surface area (Å²) in [4.78, 5) is 0. The maximum absolute atomic E-state index is 2.42. The third-order valence-electron chi connectivity index (χ3n) is 4.74. The van der Waals surface area contributed by atoms with E-state index in [4.69, 9.17) is 0 Å². The zero-order valence-corrected chi connectivity index (χ0v) is 13.4. The van der Waals surface area contributed by atoms with E-state index in [1.807, 2.05) is 0 Å². The van der Waals surface area contributed by atoms with Gasteiger partial charge in [-0.1, -0.05) is 96.6 Å². The lowest BCUT2D eigenvalue weighted by molar-refractivity contribution is 0.313. The highest BCUT2D eigenvalue weighted by molar-refractivity contribution is 5.24. The van der Waals surface area contributed by atoms with Crippen molar-refractivity contribution in [3.63, 3.8) is 0 Å². The zero-order chi connectivity index (χ0) is 14.1. The first kappa shape index (κ1) is 16.3. The third-order valence-corrected chi connectivity index (χ3v) is 4.74. The summed E-state index contributed by atoms with van der Waals surface area (Å²) in [5, 5.41) is 0. The number of benzene rings is 1. The summed E-state index contributed by atoms with van der Waals surface area (Å²) in [6.07, 6.45) is 9.76. The molecule has 0 fully saturated rings. The Bertz CT molecular complexity index is 323. The molecular weight excluding hydrogens is 228 g/mol. The average Bonchev–Trinajstić information content (AvgIpc) is 2.43. The minimum Gasteiger partial charge on any atom is -0.0654 e. The Morgan fingerprint density at radius 2 is 1.47 bits per heavy atom. The van der Waals surface area contributed by atoms with Crippen molar-refractivity contribution in [2.24, 2.45) is 5.92 Å². The standard InChI is InChI=1S/C19H32/c1-5-6-7-8-9-11-14-17(2)19(3,4)18-15-12-10-13-16-18/h10,12-13,15-17H,5-9,11,14H2,1-4H3. The molecule has 0 N–H and O–H groups in total. The first-order valence-electron chi connectivity index (χ1n) is 8.14. The Labute approximate surface area is 120 Å². The van der Waals surface area contributed by atoms with Gasteiger partial charge in [-0.3, -0.25) is 0 Å². The van der Waals surface area contributed by atoms with Gasteiger partial charge in [0.15, 0.2) is 0 Å². The van der Waals surface area contributed by atoms with Gasteiger partial charge in [0, 0.05) is 0 Å². The van der Waals surface area contributed by atoms with Crippen LogP contribution >= 0.6 is 0 Å². The van der Waals surface area contributed by atoms with Gasteiger partial charge in [-0.25, -0.2) is 0 Å². The van der Waals surface area contributed by atoms with E-state index in [1.165, 1.54) is 50.5 Å². The normalized spacial score (nSPS) is 13.5. The van der Waals surface area contributed by atoms with E-state index in [1.54, 1.807) is 0 Å². The first-order valence-corrected chi connectivity index (χ1v) is 8.14. The topological polar surface area (TPSA) is 0 Å². The molecule has 108 valence electrons. The summed E-state index contributed by atoms with van der Waals surface area (Å²) in [5.41, 5.74) is 1.78. The van der Waals surface area contributed by atoms with Gasteiger partial charge in [0.2, 0.25) is 0 Å². The highest BCUT2D eigenvalue weighted by Crippen LogP contribution is 2.34. The molecular formula is C19H32. The van der Waals surface area contributed by atoms with Crippen molar-refractivity contribution in [1.29, 1.82) is 0 Å². The van der Waals surface area contributed by atoms with Crippen molar-refractivity contribution < 1.29 is 0 Å². The fourth-order valence-electron chi connectivity index (χ4n) is 2.74. The molecule has 0 saturated heterocycles. The Morgan fingerprint density at radius 1 is 0.895 bits per heavy atom. The monoisotopic (exact) mass is 260 g/mol. The predicted octanol–water partition coefficient (Wildman–Crippen LogP) is 6.35. The zero-order valence-electron chi connectivity index (χ0n) is 13.4. The number of unbranched alkanes of at least 4 members (excludes halogenated alkanes) is 5. The molecule has 0 radical (unpaired) electrons. The van der Waals surface area contributed by atoms with E-state index in [0.29, 0.717) is 5.41 Å². The van der Waals surface area contributed by atoms with Crippen molar-refractivity contribution in [3.8, 4) is 0 Å². The Morgan fingerprint density at radius 3 is 2.11 bits per heavy atom. The Balaban J connectivity index is 2.34. The van der Waals surface area contributed by atoms with Crippen LogP contribution < -0.4 is 0 Å². The quantitative estimate of drug-likeness (QED) is 0.454. The smallest absolute Gasteiger partial charge is 0.00779 e. The fourth-order valence-corrected chi connectivity index (χ4v) is 2.74. The van der Waals surface area contributed by atoms with Crippen molar-refractivity contribution in [2.75, 3.05) is 0 Å². The van der Waals surface area contributed by atoms with Crippen LogP contribution in [0.5, 0.6) is 0 Å². The molecule has 1 rings (SSSR count). The second kappa shape index (κ2) is 8.40. The summed E-state index contributed by atoms with van der Waals surface area (Å²) in [6.45, 7) is 9.48. The van der Waals surface area contributed by atoms with Crippen molar-refractivity contribution in [2.45, 2.75) is 78.1 Å². The Hall–Kier alpha value is -0.780. The second-order valence-corrected chi connectivity index (χ2v) is 6.55. The van der Waals surface area contributed by atoms with E-state index in [9.17, 15) is 0 Å². The molecule has 0 spiro atoms. The molecule has 1 atom stereocenters. The molecule has 0 heterocycles. The van der Waals surface area contributed by atoms with Crippen molar-refractivity contribution in [3.05, 3.63) is 35.9 Å². The van der Waals surface area contributed by atoms with Crippen LogP contribution in [0, 0.1) is 5.92 Å². The molecule has 19 heavy (non-hydrogen) atoms. The van der Waals surface area contributed by atoms with Gasteiger partial charge in [0.1, 0.15) is 0 Å². The van der Waals surface area contributed by atoms with Crippen LogP contribution in [0.1, 0.15) is 78.2 Å². The molecule has 0 saturated carbocycles. The molecule has 0 aromatic heterocycles. The van der Waals surface area contributed by atoms with Gasteiger partial charge < -0.3 is 0 Å². The molecule has 0 bridgehead atoms. The minimum absolute atomic E-state index is 0.296. The largest absolute Gasteiger partial charge is 0.0654 e. The second-order valence-electron chi connectivity index (χ2n) is 6.55. The van der Waals surface area contributed by atoms with Crippen LogP contribution in [-0.4, -0.2) is 0 Å². The van der Waals surface area contributed by atoms with Gasteiger partial charge in [0.05, 0.1) is 0 Å². The highest BCUT2D eigenvalue weighted by atomic mass is 14.3. The molecule has 0 aliphatic heterocycles. The van der Waals surface area contributed by atoms with Crippen molar-refractivity contribution >= 4 is 0 Å². The van der Waals surface area contributed by atoms with E-state index in [2.05, 4.69) is 58.0 Å². The molecule has 1 aromatic carbocycles. The number of hydrogen-bond donors (Lipinski definition) is 0. The van der Waals surface area contributed by atoms with Gasteiger partial charge in [-0.2, -0.15) is 0 Å². The van der Waals surface area contributed by atoms with Crippen LogP contribution in [0.2, 0.25) is 0 Å². The minimum atomic E-state index is 0.296. The molecule has 1 aromatic rings. The van der Waals surface area contributed by atoms with Crippen LogP contribution in [0.3, 0.4) is 0 Å². The first-order chi connectivity index (χ1) is 9.09. The molecule has 0 heteroatoms. The fraction of sp³-hybridized carbons (Fsp3) is 0.684. The summed E-state index contributed by atoms with van der Waals surface area (Å²) in [7, 11) is 0. The van der Waals surface area contributed by atoms with E-state index in [-0.39, 0.29) is 0 Å². The third kappa shape index (κ3) is 5.38. The summed E-state index contributed by atoms with van der Waals surface area (Å²) in [5.74, 6) is 0.751. The van der Waals surface area contributed by atoms with Gasteiger partial charge >= 0.3 is 0 Å². The highest BCUT2D eigenvalue weighted by Gasteiger charge is 2.26. The lowest BCUT2D eigenvalue weighted by Gasteiger charge is -2.32. The van der Waals surface area contributed by atoms with Crippen LogP contribution in [0.4, 0.5) is 0 Å². The van der Waals surface area contributed by atoms with Crippen LogP contribution in [0.25, 0.3) is 0 Å². The van der Waals surface area contributed by atoms with Gasteiger partial charge in [0.25, 0.3) is 0 Å². The maximum Gasteiger partial charge on any atom is -0.00779 e. The average molecular weight is 260 g/mol. The Kier molecular flexibility index (Phi) is 7.20. The SMILES string of the molecule is CCCCCCCCC(C)C(C)(C)c1ccccc1. The van der Waals surface area contributed by atoms with Crippen molar-refractivity contribution in [1.82, 2.24) is 0 Å². The van der Waals surface area contributed by atoms with E-state index >= 15 is 0 Å². The molecule has 0 nitrogen and oxygen atoms in total. The van der Waals surface area contributed by atoms with E-state index < -0.39 is 0 Å². The lowest BCUT2D eigenvalue weighted by Crippen LogP contribution is -2.26. The summed E-state index contributed by atoms with van der Waals surface area (Å²) < 4.78 is 0. The van der Waals surface area contributed by atoms with Crippen LogP contribution in [-0.2, 0) is 5.41 Å². The van der Waals surface area contributed by atoms with Gasteiger partial charge in [-0.15, -0.1) is 0 Å². The van der Waals surface area contributed by atoms with Crippen LogP contribution in [0.15, 0.2) is 30.3 Å². The van der Waals surface area contributed by atoms with E-state index in [0.717, 1.165) is 5.92 Å². The predicted molar refractivity (Wildman–Crippen MR) is 86.6 cm³/mol. The number of hydrogen-bond acceptors (Lipinski definition) is 0. The maximum atomic E-state index is 2.42. The number of rotatable bonds is 9. The summed E-state index contributed by atoms with van der Waals surface area (Å²) in [6, 6.07) is 11.0. The molecule has 1 unspecified atom stereocenters. The molecule has 0 aliphatic carbocycles.